The molecule has 2 N–H and O–H groups in total. The average Bonchev–Trinajstić information content (AvgIpc) is 3.17. The zero-order chi connectivity index (χ0) is 23.2. The molecule has 0 saturated heterocycles. The number of halogens is 1. The average molecular weight is 445 g/mol. The number of hydrogen-bond acceptors (Lipinski definition) is 3. The number of nitrogens with zero attached hydrogens (tertiary/aromatic N) is 2. The van der Waals surface area contributed by atoms with Crippen molar-refractivity contribution in [1.82, 2.24) is 14.9 Å². The topological polar surface area (TPSA) is 76.0 Å². The van der Waals surface area contributed by atoms with Crippen LogP contribution < -0.4 is 10.6 Å². The minimum absolute atomic E-state index is 0.0201. The van der Waals surface area contributed by atoms with Crippen molar-refractivity contribution < 1.29 is 14.0 Å². The van der Waals surface area contributed by atoms with Crippen LogP contribution in [0.5, 0.6) is 0 Å². The predicted molar refractivity (Wildman–Crippen MR) is 126 cm³/mol. The van der Waals surface area contributed by atoms with E-state index in [0.717, 1.165) is 17.5 Å². The van der Waals surface area contributed by atoms with Gasteiger partial charge in [-0.1, -0.05) is 49.7 Å². The maximum atomic E-state index is 13.5. The summed E-state index contributed by atoms with van der Waals surface area (Å²) < 4.78 is 15.3. The number of anilines is 1. The first-order valence-corrected chi connectivity index (χ1v) is 10.9. The monoisotopic (exact) mass is 444 g/mol. The lowest BCUT2D eigenvalue weighted by atomic mass is 10.1. The number of rotatable bonds is 8. The molecule has 0 aliphatic rings. The first-order valence-electron chi connectivity index (χ1n) is 10.9. The van der Waals surface area contributed by atoms with E-state index in [4.69, 9.17) is 4.98 Å². The summed E-state index contributed by atoms with van der Waals surface area (Å²) in [6, 6.07) is 21.9. The highest BCUT2D eigenvalue weighted by Crippen LogP contribution is 2.25. The Labute approximate surface area is 191 Å². The van der Waals surface area contributed by atoms with Crippen molar-refractivity contribution in [3.8, 4) is 0 Å². The molecule has 0 radical (unpaired) electrons. The van der Waals surface area contributed by atoms with Gasteiger partial charge in [-0.15, -0.1) is 0 Å². The summed E-state index contributed by atoms with van der Waals surface area (Å²) in [5.74, 6) is -0.323. The van der Waals surface area contributed by atoms with Crippen molar-refractivity contribution in [2.75, 3.05) is 5.32 Å². The highest BCUT2D eigenvalue weighted by atomic mass is 19.1. The molecule has 0 aliphatic carbocycles. The number of amides is 2. The van der Waals surface area contributed by atoms with Crippen LogP contribution in [-0.2, 0) is 11.3 Å². The van der Waals surface area contributed by atoms with E-state index < -0.39 is 5.82 Å². The van der Waals surface area contributed by atoms with E-state index in [0.29, 0.717) is 23.5 Å². The smallest absolute Gasteiger partial charge is 0.251 e. The number of imidazole rings is 1. The molecule has 0 spiro atoms. The molecule has 4 aromatic rings. The molecule has 3 aromatic carbocycles. The van der Waals surface area contributed by atoms with Crippen molar-refractivity contribution >= 4 is 28.5 Å². The summed E-state index contributed by atoms with van der Waals surface area (Å²) in [5.41, 5.74) is 2.47. The van der Waals surface area contributed by atoms with Crippen LogP contribution in [-0.4, -0.2) is 21.4 Å². The number of carbonyl (C=O) groups is 2. The lowest BCUT2D eigenvalue weighted by Crippen LogP contribution is -2.31. The third-order valence-electron chi connectivity index (χ3n) is 5.32. The van der Waals surface area contributed by atoms with Gasteiger partial charge in [-0.2, -0.15) is 0 Å². The zero-order valence-electron chi connectivity index (χ0n) is 18.3. The van der Waals surface area contributed by atoms with Gasteiger partial charge in [0.05, 0.1) is 17.1 Å². The number of hydrogen-bond donors (Lipinski definition) is 2. The molecule has 168 valence electrons. The number of para-hydroxylation sites is 2. The van der Waals surface area contributed by atoms with E-state index in [9.17, 15) is 14.0 Å². The minimum atomic E-state index is -0.423. The molecule has 2 amide bonds. The van der Waals surface area contributed by atoms with Gasteiger partial charge in [0.15, 0.2) is 0 Å². The van der Waals surface area contributed by atoms with E-state index in [2.05, 4.69) is 10.6 Å². The fourth-order valence-electron chi connectivity index (χ4n) is 3.82. The molecule has 0 aliphatic heterocycles. The van der Waals surface area contributed by atoms with Gasteiger partial charge >= 0.3 is 0 Å². The molecule has 33 heavy (non-hydrogen) atoms. The Hall–Kier alpha value is -4.00. The molecule has 0 fully saturated rings. The highest BCUT2D eigenvalue weighted by Gasteiger charge is 2.23. The summed E-state index contributed by atoms with van der Waals surface area (Å²) in [5, 5.41) is 5.81. The van der Waals surface area contributed by atoms with Gasteiger partial charge in [0, 0.05) is 11.3 Å². The van der Waals surface area contributed by atoms with Crippen LogP contribution in [0.15, 0.2) is 78.9 Å². The highest BCUT2D eigenvalue weighted by molar-refractivity contribution is 5.94. The van der Waals surface area contributed by atoms with Crippen LogP contribution in [0.25, 0.3) is 11.0 Å². The Kier molecular flexibility index (Phi) is 6.78. The number of benzene rings is 3. The first-order chi connectivity index (χ1) is 16.0. The fraction of sp³-hybridized carbons (Fsp3) is 0.192. The number of fused-ring (bicyclic) bond motifs is 1. The molecule has 1 heterocycles. The molecule has 7 heteroatoms. The standard InChI is InChI=1S/C26H25FN4O2/c1-2-9-22(30-26(33)18-10-4-3-5-11-18)25-29-21-14-6-7-15-23(21)31(25)17-24(32)28-20-13-8-12-19(27)16-20/h3-8,10-16,22H,2,9,17H2,1H3,(H,28,32)(H,30,33)/t22-/m1/s1. The second kappa shape index (κ2) is 10.1. The van der Waals surface area contributed by atoms with Gasteiger partial charge in [0.2, 0.25) is 5.91 Å². The third-order valence-corrected chi connectivity index (χ3v) is 5.32. The van der Waals surface area contributed by atoms with Crippen LogP contribution in [0.1, 0.15) is 42.0 Å². The maximum Gasteiger partial charge on any atom is 0.251 e. The summed E-state index contributed by atoms with van der Waals surface area (Å²) in [7, 11) is 0. The molecular weight excluding hydrogens is 419 g/mol. The largest absolute Gasteiger partial charge is 0.342 e. The summed E-state index contributed by atoms with van der Waals surface area (Å²) in [6.07, 6.45) is 1.48. The molecule has 1 aromatic heterocycles. The lowest BCUT2D eigenvalue weighted by Gasteiger charge is -2.20. The van der Waals surface area contributed by atoms with Crippen molar-refractivity contribution in [3.63, 3.8) is 0 Å². The summed E-state index contributed by atoms with van der Waals surface area (Å²) in [6.45, 7) is 2.01. The van der Waals surface area contributed by atoms with Gasteiger partial charge in [-0.3, -0.25) is 9.59 Å². The molecule has 0 unspecified atom stereocenters. The Morgan fingerprint density at radius 3 is 2.52 bits per heavy atom. The normalized spacial score (nSPS) is 11.8. The first kappa shape index (κ1) is 22.2. The SMILES string of the molecule is CCC[C@@H](NC(=O)c1ccccc1)c1nc2ccccc2n1CC(=O)Nc1cccc(F)c1. The number of nitrogens with one attached hydrogen (secondary N) is 2. The summed E-state index contributed by atoms with van der Waals surface area (Å²) in [4.78, 5) is 30.5. The van der Waals surface area contributed by atoms with E-state index >= 15 is 0 Å². The van der Waals surface area contributed by atoms with Crippen LogP contribution in [0.2, 0.25) is 0 Å². The van der Waals surface area contributed by atoms with Crippen LogP contribution in [0.4, 0.5) is 10.1 Å². The number of carbonyl (C=O) groups excluding carboxylic acids is 2. The van der Waals surface area contributed by atoms with E-state index in [-0.39, 0.29) is 24.4 Å². The maximum absolute atomic E-state index is 13.5. The quantitative estimate of drug-likeness (QED) is 0.398. The molecule has 0 bridgehead atoms. The number of aromatic nitrogens is 2. The van der Waals surface area contributed by atoms with E-state index in [1.165, 1.54) is 12.1 Å². The van der Waals surface area contributed by atoms with Crippen molar-refractivity contribution in [3.05, 3.63) is 96.1 Å². The van der Waals surface area contributed by atoms with Crippen LogP contribution >= 0.6 is 0 Å². The Bertz CT molecular complexity index is 1270. The second-order valence-corrected chi connectivity index (χ2v) is 7.78. The van der Waals surface area contributed by atoms with Crippen LogP contribution in [0.3, 0.4) is 0 Å². The Morgan fingerprint density at radius 2 is 1.76 bits per heavy atom. The minimum Gasteiger partial charge on any atom is -0.342 e. The molecule has 1 atom stereocenters. The molecule has 0 saturated carbocycles. The van der Waals surface area contributed by atoms with Gasteiger partial charge in [0.25, 0.3) is 5.91 Å². The van der Waals surface area contributed by atoms with E-state index in [1.807, 2.05) is 54.0 Å². The van der Waals surface area contributed by atoms with Crippen molar-refractivity contribution in [1.29, 1.82) is 0 Å². The second-order valence-electron chi connectivity index (χ2n) is 7.78. The van der Waals surface area contributed by atoms with Crippen molar-refractivity contribution in [2.24, 2.45) is 0 Å². The van der Waals surface area contributed by atoms with Gasteiger partial charge in [-0.25, -0.2) is 9.37 Å². The van der Waals surface area contributed by atoms with E-state index in [1.54, 1.807) is 24.3 Å². The zero-order valence-corrected chi connectivity index (χ0v) is 18.3. The van der Waals surface area contributed by atoms with Gasteiger partial charge < -0.3 is 15.2 Å². The van der Waals surface area contributed by atoms with Crippen LogP contribution in [0, 0.1) is 5.82 Å². The predicted octanol–water partition coefficient (Wildman–Crippen LogP) is 5.09. The molecular formula is C26H25FN4O2. The van der Waals surface area contributed by atoms with Gasteiger partial charge in [-0.05, 0) is 48.9 Å². The molecule has 6 nitrogen and oxygen atoms in total. The van der Waals surface area contributed by atoms with Crippen molar-refractivity contribution in [2.45, 2.75) is 32.4 Å². The Morgan fingerprint density at radius 1 is 1.00 bits per heavy atom. The fourth-order valence-corrected chi connectivity index (χ4v) is 3.82. The Balaban J connectivity index is 1.65. The third kappa shape index (κ3) is 5.26. The van der Waals surface area contributed by atoms with Gasteiger partial charge in [0.1, 0.15) is 18.2 Å². The molecule has 4 rings (SSSR count). The summed E-state index contributed by atoms with van der Waals surface area (Å²) >= 11 is 0. The lowest BCUT2D eigenvalue weighted by molar-refractivity contribution is -0.116.